The number of piperidine rings is 1. The zero-order valence-electron chi connectivity index (χ0n) is 12.7. The van der Waals surface area contributed by atoms with Gasteiger partial charge in [0.2, 0.25) is 0 Å². The fraction of sp³-hybridized carbons (Fsp3) is 0.750. The molecule has 1 aromatic heterocycles. The first-order valence-electron chi connectivity index (χ1n) is 8.16. The molecule has 21 heavy (non-hydrogen) atoms. The number of hydrogen-bond acceptors (Lipinski definition) is 3. The highest BCUT2D eigenvalue weighted by Gasteiger charge is 2.34. The van der Waals surface area contributed by atoms with E-state index in [-0.39, 0.29) is 12.0 Å². The summed E-state index contributed by atoms with van der Waals surface area (Å²) in [7, 11) is 0. The maximum atomic E-state index is 11.5. The van der Waals surface area contributed by atoms with Gasteiger partial charge in [0.1, 0.15) is 6.04 Å². The SMILES string of the molecule is CC1CCCN(Cc2ccn(C3CCCC3)n2)C1C(=O)O. The molecule has 1 saturated heterocycles. The predicted octanol–water partition coefficient (Wildman–Crippen LogP) is 2.68. The van der Waals surface area contributed by atoms with Crippen molar-refractivity contribution in [3.8, 4) is 0 Å². The van der Waals surface area contributed by atoms with E-state index >= 15 is 0 Å². The van der Waals surface area contributed by atoms with Crippen molar-refractivity contribution < 1.29 is 9.90 Å². The average Bonchev–Trinajstić information content (AvgIpc) is 3.08. The molecule has 2 aliphatic rings. The van der Waals surface area contributed by atoms with Gasteiger partial charge in [-0.25, -0.2) is 0 Å². The van der Waals surface area contributed by atoms with E-state index in [4.69, 9.17) is 0 Å². The van der Waals surface area contributed by atoms with E-state index in [0.717, 1.165) is 25.1 Å². The minimum atomic E-state index is -0.697. The van der Waals surface area contributed by atoms with Crippen molar-refractivity contribution in [2.24, 2.45) is 5.92 Å². The fourth-order valence-electron chi connectivity index (χ4n) is 3.89. The number of nitrogens with zero attached hydrogens (tertiary/aromatic N) is 3. The van der Waals surface area contributed by atoms with Crippen molar-refractivity contribution in [3.05, 3.63) is 18.0 Å². The first-order valence-corrected chi connectivity index (χ1v) is 8.16. The van der Waals surface area contributed by atoms with Gasteiger partial charge < -0.3 is 5.11 Å². The molecule has 3 rings (SSSR count). The number of rotatable bonds is 4. The molecule has 0 amide bonds. The Hall–Kier alpha value is -1.36. The zero-order chi connectivity index (χ0) is 14.8. The number of carboxylic acid groups (broad SMARTS) is 1. The van der Waals surface area contributed by atoms with Crippen LogP contribution in [0, 0.1) is 5.92 Å². The summed E-state index contributed by atoms with van der Waals surface area (Å²) in [6, 6.07) is 2.24. The molecule has 1 N–H and O–H groups in total. The molecule has 5 heteroatoms. The van der Waals surface area contributed by atoms with Gasteiger partial charge in [-0.15, -0.1) is 0 Å². The van der Waals surface area contributed by atoms with Crippen LogP contribution in [-0.4, -0.2) is 38.3 Å². The van der Waals surface area contributed by atoms with Crippen molar-refractivity contribution in [3.63, 3.8) is 0 Å². The van der Waals surface area contributed by atoms with E-state index in [2.05, 4.69) is 26.9 Å². The lowest BCUT2D eigenvalue weighted by Crippen LogP contribution is -2.48. The van der Waals surface area contributed by atoms with Crippen molar-refractivity contribution >= 4 is 5.97 Å². The summed E-state index contributed by atoms with van der Waals surface area (Å²) >= 11 is 0. The molecule has 2 fully saturated rings. The Bertz CT molecular complexity index is 493. The van der Waals surface area contributed by atoms with Crippen LogP contribution in [0.4, 0.5) is 0 Å². The summed E-state index contributed by atoms with van der Waals surface area (Å²) in [5.74, 6) is -0.481. The number of aromatic nitrogens is 2. The van der Waals surface area contributed by atoms with Crippen LogP contribution < -0.4 is 0 Å². The van der Waals surface area contributed by atoms with Gasteiger partial charge >= 0.3 is 5.97 Å². The lowest BCUT2D eigenvalue weighted by molar-refractivity contribution is -0.147. The molecule has 0 radical (unpaired) electrons. The largest absolute Gasteiger partial charge is 0.480 e. The first kappa shape index (κ1) is 14.6. The zero-order valence-corrected chi connectivity index (χ0v) is 12.7. The van der Waals surface area contributed by atoms with E-state index in [1.54, 1.807) is 0 Å². The summed E-state index contributed by atoms with van der Waals surface area (Å²) in [5.41, 5.74) is 1.00. The van der Waals surface area contributed by atoms with Crippen LogP contribution in [0.25, 0.3) is 0 Å². The second-order valence-electron chi connectivity index (χ2n) is 6.60. The van der Waals surface area contributed by atoms with E-state index in [1.807, 2.05) is 6.92 Å². The monoisotopic (exact) mass is 291 g/mol. The minimum Gasteiger partial charge on any atom is -0.480 e. The number of hydrogen-bond donors (Lipinski definition) is 1. The van der Waals surface area contributed by atoms with Crippen LogP contribution in [0.3, 0.4) is 0 Å². The Kier molecular flexibility index (Phi) is 4.29. The molecule has 0 bridgehead atoms. The third kappa shape index (κ3) is 3.12. The standard InChI is InChI=1S/C16H25N3O2/c1-12-5-4-9-18(15(12)16(20)21)11-13-8-10-19(17-13)14-6-2-3-7-14/h8,10,12,14-15H,2-7,9,11H2,1H3,(H,20,21). The molecule has 1 aliphatic heterocycles. The predicted molar refractivity (Wildman–Crippen MR) is 80.0 cm³/mol. The smallest absolute Gasteiger partial charge is 0.321 e. The van der Waals surface area contributed by atoms with Crippen molar-refractivity contribution in [2.75, 3.05) is 6.54 Å². The highest BCUT2D eigenvalue weighted by Crippen LogP contribution is 2.29. The van der Waals surface area contributed by atoms with Crippen LogP contribution in [0.15, 0.2) is 12.3 Å². The van der Waals surface area contributed by atoms with E-state index in [0.29, 0.717) is 12.6 Å². The van der Waals surface area contributed by atoms with Crippen molar-refractivity contribution in [1.29, 1.82) is 0 Å². The van der Waals surface area contributed by atoms with Gasteiger partial charge in [0.15, 0.2) is 0 Å². The minimum absolute atomic E-state index is 0.216. The average molecular weight is 291 g/mol. The van der Waals surface area contributed by atoms with Gasteiger partial charge in [-0.2, -0.15) is 5.10 Å². The Balaban J connectivity index is 1.68. The topological polar surface area (TPSA) is 58.4 Å². The lowest BCUT2D eigenvalue weighted by atomic mass is 9.91. The first-order chi connectivity index (χ1) is 10.1. The maximum absolute atomic E-state index is 11.5. The van der Waals surface area contributed by atoms with Gasteiger partial charge in [0.25, 0.3) is 0 Å². The molecule has 1 saturated carbocycles. The van der Waals surface area contributed by atoms with E-state index < -0.39 is 5.97 Å². The van der Waals surface area contributed by atoms with Gasteiger partial charge in [-0.1, -0.05) is 19.8 Å². The molecule has 2 heterocycles. The van der Waals surface area contributed by atoms with Crippen LogP contribution in [0.1, 0.15) is 57.2 Å². The van der Waals surface area contributed by atoms with Crippen LogP contribution in [0.5, 0.6) is 0 Å². The van der Waals surface area contributed by atoms with Gasteiger partial charge in [-0.3, -0.25) is 14.4 Å². The van der Waals surface area contributed by atoms with Gasteiger partial charge in [0, 0.05) is 12.7 Å². The number of carbonyl (C=O) groups is 1. The second kappa shape index (κ2) is 6.18. The number of likely N-dealkylation sites (tertiary alicyclic amines) is 1. The quantitative estimate of drug-likeness (QED) is 0.926. The van der Waals surface area contributed by atoms with E-state index in [1.165, 1.54) is 25.7 Å². The Morgan fingerprint density at radius 3 is 2.81 bits per heavy atom. The van der Waals surface area contributed by atoms with Crippen molar-refractivity contribution in [2.45, 2.75) is 64.1 Å². The Labute approximate surface area is 125 Å². The van der Waals surface area contributed by atoms with Crippen LogP contribution in [0.2, 0.25) is 0 Å². The summed E-state index contributed by atoms with van der Waals surface area (Å²) in [5, 5.41) is 14.2. The number of carboxylic acids is 1. The van der Waals surface area contributed by atoms with E-state index in [9.17, 15) is 9.90 Å². The molecule has 116 valence electrons. The fourth-order valence-corrected chi connectivity index (χ4v) is 3.89. The molecule has 0 spiro atoms. The normalized spacial score (nSPS) is 28.0. The van der Waals surface area contributed by atoms with Gasteiger partial charge in [-0.05, 0) is 44.2 Å². The molecule has 2 atom stereocenters. The summed E-state index contributed by atoms with van der Waals surface area (Å²) in [6.07, 6.45) is 9.18. The second-order valence-corrected chi connectivity index (χ2v) is 6.60. The highest BCUT2D eigenvalue weighted by atomic mass is 16.4. The summed E-state index contributed by atoms with van der Waals surface area (Å²) in [4.78, 5) is 13.6. The third-order valence-corrected chi connectivity index (χ3v) is 5.02. The highest BCUT2D eigenvalue weighted by molar-refractivity contribution is 5.74. The van der Waals surface area contributed by atoms with Crippen LogP contribution >= 0.6 is 0 Å². The maximum Gasteiger partial charge on any atom is 0.321 e. The number of aliphatic carboxylic acids is 1. The molecule has 2 unspecified atom stereocenters. The van der Waals surface area contributed by atoms with Gasteiger partial charge in [0.05, 0.1) is 11.7 Å². The molecule has 0 aromatic carbocycles. The van der Waals surface area contributed by atoms with Crippen molar-refractivity contribution in [1.82, 2.24) is 14.7 Å². The Morgan fingerprint density at radius 1 is 1.33 bits per heavy atom. The summed E-state index contributed by atoms with van der Waals surface area (Å²) in [6.45, 7) is 3.56. The lowest BCUT2D eigenvalue weighted by Gasteiger charge is -2.36. The molecule has 5 nitrogen and oxygen atoms in total. The summed E-state index contributed by atoms with van der Waals surface area (Å²) < 4.78 is 2.09. The van der Waals surface area contributed by atoms with Crippen LogP contribution in [-0.2, 0) is 11.3 Å². The molecular weight excluding hydrogens is 266 g/mol. The molecule has 1 aliphatic carbocycles. The molecule has 1 aromatic rings. The Morgan fingerprint density at radius 2 is 2.10 bits per heavy atom. The third-order valence-electron chi connectivity index (χ3n) is 5.02. The molecular formula is C16H25N3O2.